The first-order valence-corrected chi connectivity index (χ1v) is 18.7. The van der Waals surface area contributed by atoms with Crippen LogP contribution in [-0.4, -0.2) is 19.9 Å². The van der Waals surface area contributed by atoms with Gasteiger partial charge in [-0.15, -0.1) is 11.3 Å². The molecule has 3 heterocycles. The van der Waals surface area contributed by atoms with Crippen LogP contribution in [0.3, 0.4) is 0 Å². The number of fused-ring (bicyclic) bond motifs is 7. The summed E-state index contributed by atoms with van der Waals surface area (Å²) in [5, 5.41) is 6.72. The molecule has 0 aliphatic rings. The summed E-state index contributed by atoms with van der Waals surface area (Å²) in [6.07, 6.45) is 0. The molecule has 0 unspecified atom stereocenters. The molecule has 8 aromatic carbocycles. The number of hydrogen-bond acceptors (Lipinski definition) is 6. The normalized spacial score (nSPS) is 11.7. The number of oxazole rings is 1. The third-order valence-electron chi connectivity index (χ3n) is 10.2. The van der Waals surface area contributed by atoms with E-state index in [1.165, 1.54) is 15.5 Å². The first kappa shape index (κ1) is 30.6. The van der Waals surface area contributed by atoms with Crippen molar-refractivity contribution in [3.63, 3.8) is 0 Å². The second kappa shape index (κ2) is 12.3. The maximum atomic E-state index is 6.58. The van der Waals surface area contributed by atoms with Crippen LogP contribution in [0.2, 0.25) is 0 Å². The van der Waals surface area contributed by atoms with E-state index < -0.39 is 0 Å². The quantitative estimate of drug-likeness (QED) is 0.178. The van der Waals surface area contributed by atoms with Crippen molar-refractivity contribution >= 4 is 64.2 Å². The number of nitrogens with zero attached hydrogens (tertiary/aromatic N) is 4. The minimum atomic E-state index is 0.596. The molecule has 0 radical (unpaired) electrons. The van der Waals surface area contributed by atoms with Crippen LogP contribution in [0, 0.1) is 0 Å². The van der Waals surface area contributed by atoms with Gasteiger partial charge in [0.2, 0.25) is 5.89 Å². The minimum Gasteiger partial charge on any atom is -0.435 e. The lowest BCUT2D eigenvalue weighted by Gasteiger charge is -2.14. The third kappa shape index (κ3) is 4.92. The molecule has 0 aliphatic carbocycles. The highest BCUT2D eigenvalue weighted by molar-refractivity contribution is 7.26. The van der Waals surface area contributed by atoms with Crippen LogP contribution in [0.1, 0.15) is 0 Å². The van der Waals surface area contributed by atoms with Gasteiger partial charge < -0.3 is 4.42 Å². The van der Waals surface area contributed by atoms with Gasteiger partial charge in [-0.05, 0) is 57.6 Å². The van der Waals surface area contributed by atoms with Gasteiger partial charge in [-0.25, -0.2) is 19.9 Å². The van der Waals surface area contributed by atoms with E-state index in [9.17, 15) is 0 Å². The van der Waals surface area contributed by atoms with Crippen LogP contribution < -0.4 is 0 Å². The Morgan fingerprint density at radius 3 is 1.85 bits per heavy atom. The molecule has 6 heteroatoms. The Labute approximate surface area is 313 Å². The maximum absolute atomic E-state index is 6.58. The van der Waals surface area contributed by atoms with Crippen molar-refractivity contribution in [2.45, 2.75) is 0 Å². The van der Waals surface area contributed by atoms with Gasteiger partial charge in [-0.2, -0.15) is 0 Å². The summed E-state index contributed by atoms with van der Waals surface area (Å²) in [5.41, 5.74) is 7.35. The summed E-state index contributed by atoms with van der Waals surface area (Å²) in [6, 6.07) is 58.6. The van der Waals surface area contributed by atoms with E-state index in [1.807, 2.05) is 36.4 Å². The van der Waals surface area contributed by atoms with Crippen molar-refractivity contribution < 1.29 is 4.42 Å². The van der Waals surface area contributed by atoms with Crippen molar-refractivity contribution in [3.05, 3.63) is 170 Å². The number of thiophene rings is 1. The number of hydrogen-bond donors (Lipinski definition) is 0. The molecule has 0 aliphatic heterocycles. The van der Waals surface area contributed by atoms with Crippen LogP contribution in [0.25, 0.3) is 110 Å². The Hall–Kier alpha value is -7.02. The maximum Gasteiger partial charge on any atom is 0.227 e. The van der Waals surface area contributed by atoms with E-state index >= 15 is 0 Å². The molecule has 0 bridgehead atoms. The summed E-state index contributed by atoms with van der Waals surface area (Å²) in [6.45, 7) is 0. The number of benzene rings is 8. The standard InChI is InChI=1S/C48H28N4OS/c1-2-14-31(15-3-1)48-49-40-28-27-30-17-11-22-35(42(30)43(40)53-48)33-19-6-7-21-38(33)46-50-45(37-24-10-16-29-13-4-5-18-32(29)37)51-47(52-46)39-25-12-23-36-34-20-8-9-26-41(34)54-44(36)39/h1-28H. The Kier molecular flexibility index (Phi) is 6.97. The largest absolute Gasteiger partial charge is 0.435 e. The molecule has 0 N–H and O–H groups in total. The van der Waals surface area contributed by atoms with Gasteiger partial charge >= 0.3 is 0 Å². The average Bonchev–Trinajstić information content (AvgIpc) is 3.86. The van der Waals surface area contributed by atoms with E-state index in [1.54, 1.807) is 11.3 Å². The smallest absolute Gasteiger partial charge is 0.227 e. The Balaban J connectivity index is 1.17. The molecular weight excluding hydrogens is 681 g/mol. The monoisotopic (exact) mass is 708 g/mol. The van der Waals surface area contributed by atoms with E-state index in [-0.39, 0.29) is 0 Å². The molecule has 3 aromatic heterocycles. The van der Waals surface area contributed by atoms with Gasteiger partial charge in [0.1, 0.15) is 5.52 Å². The van der Waals surface area contributed by atoms with Crippen LogP contribution in [0.15, 0.2) is 174 Å². The number of aromatic nitrogens is 4. The molecule has 0 spiro atoms. The van der Waals surface area contributed by atoms with E-state index in [0.717, 1.165) is 70.7 Å². The fourth-order valence-electron chi connectivity index (χ4n) is 7.68. The molecule has 5 nitrogen and oxygen atoms in total. The zero-order chi connectivity index (χ0) is 35.6. The predicted molar refractivity (Wildman–Crippen MR) is 222 cm³/mol. The first-order chi connectivity index (χ1) is 26.8. The molecule has 0 fully saturated rings. The lowest BCUT2D eigenvalue weighted by Crippen LogP contribution is -2.01. The van der Waals surface area contributed by atoms with Gasteiger partial charge in [0.15, 0.2) is 23.1 Å². The van der Waals surface area contributed by atoms with Crippen molar-refractivity contribution in [2.24, 2.45) is 0 Å². The summed E-state index contributed by atoms with van der Waals surface area (Å²) in [4.78, 5) is 20.8. The summed E-state index contributed by atoms with van der Waals surface area (Å²) in [5.74, 6) is 2.46. The molecule has 0 amide bonds. The molecule has 11 aromatic rings. The molecule has 0 saturated heterocycles. The Morgan fingerprint density at radius 1 is 0.389 bits per heavy atom. The summed E-state index contributed by atoms with van der Waals surface area (Å²) < 4.78 is 8.98. The predicted octanol–water partition coefficient (Wildman–Crippen LogP) is 13.0. The highest BCUT2D eigenvalue weighted by Gasteiger charge is 2.21. The van der Waals surface area contributed by atoms with Gasteiger partial charge in [-0.1, -0.05) is 140 Å². The summed E-state index contributed by atoms with van der Waals surface area (Å²) >= 11 is 1.78. The van der Waals surface area contributed by atoms with Crippen molar-refractivity contribution in [1.82, 2.24) is 19.9 Å². The fraction of sp³-hybridized carbons (Fsp3) is 0. The Bertz CT molecular complexity index is 3230. The molecule has 0 saturated carbocycles. The van der Waals surface area contributed by atoms with Gasteiger partial charge in [0.25, 0.3) is 0 Å². The fourth-order valence-corrected chi connectivity index (χ4v) is 8.89. The molecule has 54 heavy (non-hydrogen) atoms. The van der Waals surface area contributed by atoms with E-state index in [4.69, 9.17) is 24.4 Å². The second-order valence-corrected chi connectivity index (χ2v) is 14.4. The van der Waals surface area contributed by atoms with E-state index in [0.29, 0.717) is 23.4 Å². The minimum absolute atomic E-state index is 0.596. The van der Waals surface area contributed by atoms with Gasteiger partial charge in [0.05, 0.1) is 0 Å². The number of rotatable bonds is 5. The molecular formula is C48H28N4OS. The van der Waals surface area contributed by atoms with Crippen LogP contribution in [0.4, 0.5) is 0 Å². The lowest BCUT2D eigenvalue weighted by molar-refractivity contribution is 0.623. The molecule has 11 rings (SSSR count). The summed E-state index contributed by atoms with van der Waals surface area (Å²) in [7, 11) is 0. The average molecular weight is 709 g/mol. The molecule has 0 atom stereocenters. The molecule has 252 valence electrons. The van der Waals surface area contributed by atoms with Crippen LogP contribution in [0.5, 0.6) is 0 Å². The Morgan fingerprint density at radius 2 is 0.981 bits per heavy atom. The lowest BCUT2D eigenvalue weighted by atomic mass is 9.93. The van der Waals surface area contributed by atoms with Crippen molar-refractivity contribution in [3.8, 4) is 56.7 Å². The second-order valence-electron chi connectivity index (χ2n) is 13.4. The highest BCUT2D eigenvalue weighted by Crippen LogP contribution is 2.42. The van der Waals surface area contributed by atoms with Crippen molar-refractivity contribution in [2.75, 3.05) is 0 Å². The van der Waals surface area contributed by atoms with Crippen LogP contribution >= 0.6 is 11.3 Å². The zero-order valence-electron chi connectivity index (χ0n) is 28.8. The van der Waals surface area contributed by atoms with Gasteiger partial charge in [-0.3, -0.25) is 0 Å². The topological polar surface area (TPSA) is 64.7 Å². The highest BCUT2D eigenvalue weighted by atomic mass is 32.1. The van der Waals surface area contributed by atoms with Gasteiger partial charge in [0, 0.05) is 47.8 Å². The van der Waals surface area contributed by atoms with Crippen LogP contribution in [-0.2, 0) is 0 Å². The van der Waals surface area contributed by atoms with E-state index in [2.05, 4.69) is 133 Å². The van der Waals surface area contributed by atoms with Crippen molar-refractivity contribution in [1.29, 1.82) is 0 Å². The third-order valence-corrected chi connectivity index (χ3v) is 11.4. The SMILES string of the molecule is c1ccc(-c2nc3ccc4cccc(-c5ccccc5-c5nc(-c6cccc7ccccc67)nc(-c6cccc7c6sc6ccccc67)n5)c4c3o2)cc1. The zero-order valence-corrected chi connectivity index (χ0v) is 29.6. The first-order valence-electron chi connectivity index (χ1n) is 17.9.